The van der Waals surface area contributed by atoms with E-state index >= 15 is 0 Å². The van der Waals surface area contributed by atoms with Gasteiger partial charge in [-0.1, -0.05) is 38.8 Å². The van der Waals surface area contributed by atoms with Crippen molar-refractivity contribution in [3.8, 4) is 0 Å². The molecule has 2 heteroatoms. The molecule has 15 heavy (non-hydrogen) atoms. The number of piperidine rings is 1. The monoisotopic (exact) mass is 210 g/mol. The zero-order valence-corrected chi connectivity index (χ0v) is 10.3. The molecule has 0 aromatic heterocycles. The van der Waals surface area contributed by atoms with E-state index in [2.05, 4.69) is 30.9 Å². The van der Waals surface area contributed by atoms with Crippen molar-refractivity contribution in [2.24, 2.45) is 11.1 Å². The fourth-order valence-electron chi connectivity index (χ4n) is 2.49. The number of hydrogen-bond donors (Lipinski definition) is 1. The third-order valence-electron chi connectivity index (χ3n) is 4.08. The molecule has 1 fully saturated rings. The average Bonchev–Trinajstić information content (AvgIpc) is 2.31. The van der Waals surface area contributed by atoms with Crippen LogP contribution in [0.1, 0.15) is 39.5 Å². The summed E-state index contributed by atoms with van der Waals surface area (Å²) in [5.41, 5.74) is 6.07. The number of nitrogens with zero attached hydrogens (tertiary/aromatic N) is 1. The summed E-state index contributed by atoms with van der Waals surface area (Å²) in [6, 6.07) is 0. The van der Waals surface area contributed by atoms with Crippen molar-refractivity contribution < 1.29 is 0 Å². The smallest absolute Gasteiger partial charge is 0.0163 e. The third-order valence-corrected chi connectivity index (χ3v) is 4.08. The minimum absolute atomic E-state index is 0.647. The molecule has 0 radical (unpaired) electrons. The van der Waals surface area contributed by atoms with Crippen LogP contribution in [-0.2, 0) is 0 Å². The molecule has 1 heterocycles. The molecule has 0 atom stereocenters. The second-order valence-corrected chi connectivity index (χ2v) is 4.71. The number of hydrogen-bond acceptors (Lipinski definition) is 2. The molecular formula is C13H26N2. The van der Waals surface area contributed by atoms with Crippen molar-refractivity contribution in [2.75, 3.05) is 26.2 Å². The molecule has 1 rings (SSSR count). The first-order chi connectivity index (χ1) is 7.26. The van der Waals surface area contributed by atoms with Gasteiger partial charge in [-0.15, -0.1) is 0 Å². The lowest BCUT2D eigenvalue weighted by molar-refractivity contribution is 0.103. The van der Waals surface area contributed by atoms with Crippen LogP contribution in [0.3, 0.4) is 0 Å². The minimum Gasteiger partial charge on any atom is -0.327 e. The maximum Gasteiger partial charge on any atom is 0.0163 e. The van der Waals surface area contributed by atoms with Crippen LogP contribution in [0.25, 0.3) is 0 Å². The van der Waals surface area contributed by atoms with Crippen LogP contribution < -0.4 is 5.73 Å². The molecule has 1 saturated heterocycles. The van der Waals surface area contributed by atoms with Crippen molar-refractivity contribution >= 4 is 0 Å². The first-order valence-electron chi connectivity index (χ1n) is 6.34. The standard InChI is InChI=1S/C13H26N2/c1-3-13(4-2)7-11-15(12-8-13)10-6-5-9-14/h5-6H,3-4,7-12,14H2,1-2H3. The zero-order valence-electron chi connectivity index (χ0n) is 10.3. The molecule has 2 nitrogen and oxygen atoms in total. The van der Waals surface area contributed by atoms with Crippen molar-refractivity contribution in [2.45, 2.75) is 39.5 Å². The van der Waals surface area contributed by atoms with Crippen LogP contribution in [0.15, 0.2) is 12.2 Å². The number of rotatable bonds is 5. The SMILES string of the molecule is CCC1(CC)CCN(CC=CCN)CC1. The van der Waals surface area contributed by atoms with Crippen LogP contribution in [0, 0.1) is 5.41 Å². The zero-order chi connectivity index (χ0) is 11.1. The van der Waals surface area contributed by atoms with Gasteiger partial charge in [-0.3, -0.25) is 4.90 Å². The first kappa shape index (κ1) is 12.7. The lowest BCUT2D eigenvalue weighted by Gasteiger charge is -2.40. The van der Waals surface area contributed by atoms with Gasteiger partial charge in [-0.2, -0.15) is 0 Å². The fraction of sp³-hybridized carbons (Fsp3) is 0.846. The molecule has 0 spiro atoms. The Kier molecular flexibility index (Phi) is 5.34. The molecule has 0 aromatic rings. The number of likely N-dealkylation sites (tertiary alicyclic amines) is 1. The minimum atomic E-state index is 0.647. The quantitative estimate of drug-likeness (QED) is 0.706. The highest BCUT2D eigenvalue weighted by molar-refractivity contribution is 4.89. The van der Waals surface area contributed by atoms with Crippen molar-refractivity contribution in [3.05, 3.63) is 12.2 Å². The predicted octanol–water partition coefficient (Wildman–Crippen LogP) is 2.40. The summed E-state index contributed by atoms with van der Waals surface area (Å²) < 4.78 is 0. The highest BCUT2D eigenvalue weighted by Crippen LogP contribution is 2.37. The van der Waals surface area contributed by atoms with Gasteiger partial charge in [-0.05, 0) is 31.3 Å². The van der Waals surface area contributed by atoms with Crippen LogP contribution >= 0.6 is 0 Å². The van der Waals surface area contributed by atoms with E-state index in [1.165, 1.54) is 38.8 Å². The largest absolute Gasteiger partial charge is 0.327 e. The Labute approximate surface area is 94.5 Å². The molecule has 1 aliphatic heterocycles. The Balaban J connectivity index is 2.31. The average molecular weight is 210 g/mol. The molecule has 0 saturated carbocycles. The maximum atomic E-state index is 5.42. The molecule has 88 valence electrons. The van der Waals surface area contributed by atoms with Crippen molar-refractivity contribution in [1.29, 1.82) is 0 Å². The Morgan fingerprint density at radius 1 is 1.13 bits per heavy atom. The van der Waals surface area contributed by atoms with Gasteiger partial charge >= 0.3 is 0 Å². The lowest BCUT2D eigenvalue weighted by Crippen LogP contribution is -2.39. The first-order valence-corrected chi connectivity index (χ1v) is 6.34. The van der Waals surface area contributed by atoms with E-state index in [9.17, 15) is 0 Å². The summed E-state index contributed by atoms with van der Waals surface area (Å²) in [5, 5.41) is 0. The van der Waals surface area contributed by atoms with Gasteiger partial charge in [0.2, 0.25) is 0 Å². The van der Waals surface area contributed by atoms with Crippen molar-refractivity contribution in [1.82, 2.24) is 4.90 Å². The molecular weight excluding hydrogens is 184 g/mol. The topological polar surface area (TPSA) is 29.3 Å². The second-order valence-electron chi connectivity index (χ2n) is 4.71. The van der Waals surface area contributed by atoms with E-state index in [0.29, 0.717) is 12.0 Å². The Hall–Kier alpha value is -0.340. The maximum absolute atomic E-state index is 5.42. The summed E-state index contributed by atoms with van der Waals surface area (Å²) in [4.78, 5) is 2.54. The summed E-state index contributed by atoms with van der Waals surface area (Å²) in [7, 11) is 0. The van der Waals surface area contributed by atoms with Gasteiger partial charge in [0.15, 0.2) is 0 Å². The Morgan fingerprint density at radius 3 is 2.20 bits per heavy atom. The van der Waals surface area contributed by atoms with E-state index in [1.807, 2.05) is 0 Å². The fourth-order valence-corrected chi connectivity index (χ4v) is 2.49. The van der Waals surface area contributed by atoms with Gasteiger partial charge in [0.1, 0.15) is 0 Å². The van der Waals surface area contributed by atoms with E-state index in [4.69, 9.17) is 5.73 Å². The molecule has 0 bridgehead atoms. The summed E-state index contributed by atoms with van der Waals surface area (Å²) in [6.07, 6.45) is 9.69. The molecule has 0 aromatic carbocycles. The summed E-state index contributed by atoms with van der Waals surface area (Å²) in [6.45, 7) is 8.95. The molecule has 0 aliphatic carbocycles. The predicted molar refractivity (Wildman–Crippen MR) is 66.9 cm³/mol. The molecule has 1 aliphatic rings. The van der Waals surface area contributed by atoms with Crippen LogP contribution in [0.5, 0.6) is 0 Å². The van der Waals surface area contributed by atoms with E-state index in [1.54, 1.807) is 0 Å². The number of nitrogens with two attached hydrogens (primary N) is 1. The van der Waals surface area contributed by atoms with Gasteiger partial charge < -0.3 is 5.73 Å². The third kappa shape index (κ3) is 3.62. The highest BCUT2D eigenvalue weighted by atomic mass is 15.1. The normalized spacial score (nSPS) is 22.3. The van der Waals surface area contributed by atoms with Crippen LogP contribution in [0.2, 0.25) is 0 Å². The lowest BCUT2D eigenvalue weighted by atomic mass is 9.74. The van der Waals surface area contributed by atoms with Gasteiger partial charge in [-0.25, -0.2) is 0 Å². The molecule has 0 amide bonds. The second kappa shape index (κ2) is 6.29. The summed E-state index contributed by atoms with van der Waals surface area (Å²) >= 11 is 0. The van der Waals surface area contributed by atoms with Crippen molar-refractivity contribution in [3.63, 3.8) is 0 Å². The molecule has 0 unspecified atom stereocenters. The van der Waals surface area contributed by atoms with Gasteiger partial charge in [0, 0.05) is 13.1 Å². The van der Waals surface area contributed by atoms with Gasteiger partial charge in [0.25, 0.3) is 0 Å². The molecule has 2 N–H and O–H groups in total. The van der Waals surface area contributed by atoms with Crippen LogP contribution in [0.4, 0.5) is 0 Å². The van der Waals surface area contributed by atoms with E-state index in [-0.39, 0.29) is 0 Å². The Morgan fingerprint density at radius 2 is 1.73 bits per heavy atom. The van der Waals surface area contributed by atoms with Crippen LogP contribution in [-0.4, -0.2) is 31.1 Å². The summed E-state index contributed by atoms with van der Waals surface area (Å²) in [5.74, 6) is 0. The van der Waals surface area contributed by atoms with E-state index in [0.717, 1.165) is 6.54 Å². The Bertz CT molecular complexity index is 185. The highest BCUT2D eigenvalue weighted by Gasteiger charge is 2.30. The van der Waals surface area contributed by atoms with E-state index < -0.39 is 0 Å². The van der Waals surface area contributed by atoms with Gasteiger partial charge in [0.05, 0.1) is 0 Å².